The molecule has 2 aromatic heterocycles. The number of aromatic nitrogens is 2. The molecule has 2 N–H and O–H groups in total. The molecule has 88 valence electrons. The summed E-state index contributed by atoms with van der Waals surface area (Å²) in [5, 5.41) is 9.27. The molecule has 2 aromatic rings. The highest BCUT2D eigenvalue weighted by Crippen LogP contribution is 2.08. The van der Waals surface area contributed by atoms with Crippen molar-refractivity contribution in [2.75, 3.05) is 5.32 Å². The van der Waals surface area contributed by atoms with Crippen molar-refractivity contribution >= 4 is 17.8 Å². The highest BCUT2D eigenvalue weighted by molar-refractivity contribution is 6.01. The van der Waals surface area contributed by atoms with Gasteiger partial charge in [0.25, 0.3) is 0 Å². The second-order valence-electron chi connectivity index (χ2n) is 3.71. The van der Waals surface area contributed by atoms with Gasteiger partial charge in [-0.25, -0.2) is 0 Å². The molecule has 0 saturated heterocycles. The van der Waals surface area contributed by atoms with E-state index in [1.54, 1.807) is 18.2 Å². The quantitative estimate of drug-likeness (QED) is 0.796. The fourth-order valence-corrected chi connectivity index (χ4v) is 1.35. The van der Waals surface area contributed by atoms with Crippen LogP contribution in [0.4, 0.5) is 5.82 Å². The number of aryl methyl sites for hydroxylation is 2. The zero-order valence-electron chi connectivity index (χ0n) is 9.65. The zero-order valence-corrected chi connectivity index (χ0v) is 9.65. The molecule has 0 saturated carbocycles. The maximum atomic E-state index is 11.5. The number of furan rings is 1. The second-order valence-corrected chi connectivity index (χ2v) is 3.71. The minimum absolute atomic E-state index is 0.245. The summed E-state index contributed by atoms with van der Waals surface area (Å²) < 4.78 is 5.30. The number of nitrogens with zero attached hydrogens (tertiary/aromatic N) is 1. The van der Waals surface area contributed by atoms with Crippen molar-refractivity contribution in [2.45, 2.75) is 13.8 Å². The van der Waals surface area contributed by atoms with E-state index in [1.165, 1.54) is 6.08 Å². The fourth-order valence-electron chi connectivity index (χ4n) is 1.35. The summed E-state index contributed by atoms with van der Waals surface area (Å²) in [5.41, 5.74) is 0.894. The number of carbonyl (C=O) groups is 1. The van der Waals surface area contributed by atoms with Gasteiger partial charge in [-0.2, -0.15) is 5.10 Å². The van der Waals surface area contributed by atoms with Crippen molar-refractivity contribution < 1.29 is 9.21 Å². The zero-order chi connectivity index (χ0) is 12.3. The molecule has 0 atom stereocenters. The lowest BCUT2D eigenvalue weighted by Crippen LogP contribution is -2.07. The monoisotopic (exact) mass is 231 g/mol. The molecule has 0 aromatic carbocycles. The SMILES string of the molecule is Cc1cc(NC(=O)C=Cc2ccc(C)o2)n[nH]1. The molecule has 0 fully saturated rings. The Morgan fingerprint density at radius 1 is 1.47 bits per heavy atom. The summed E-state index contributed by atoms with van der Waals surface area (Å²) in [6.45, 7) is 3.72. The normalized spacial score (nSPS) is 10.9. The first-order chi connectivity index (χ1) is 8.13. The maximum absolute atomic E-state index is 11.5. The van der Waals surface area contributed by atoms with Crippen LogP contribution in [0.15, 0.2) is 28.7 Å². The molecular weight excluding hydrogens is 218 g/mol. The third kappa shape index (κ3) is 3.07. The van der Waals surface area contributed by atoms with Crippen LogP contribution in [0.1, 0.15) is 17.2 Å². The minimum Gasteiger partial charge on any atom is -0.462 e. The summed E-state index contributed by atoms with van der Waals surface area (Å²) in [6, 6.07) is 5.40. The van der Waals surface area contributed by atoms with Gasteiger partial charge in [0.05, 0.1) is 0 Å². The predicted octanol–water partition coefficient (Wildman–Crippen LogP) is 2.27. The van der Waals surface area contributed by atoms with Gasteiger partial charge in [-0.1, -0.05) is 0 Å². The summed E-state index contributed by atoms with van der Waals surface area (Å²) >= 11 is 0. The largest absolute Gasteiger partial charge is 0.462 e. The van der Waals surface area contributed by atoms with Gasteiger partial charge < -0.3 is 9.73 Å². The van der Waals surface area contributed by atoms with Gasteiger partial charge in [-0.3, -0.25) is 9.89 Å². The molecule has 0 spiro atoms. The molecular formula is C12H13N3O2. The lowest BCUT2D eigenvalue weighted by molar-refractivity contribution is -0.111. The molecule has 1 amide bonds. The van der Waals surface area contributed by atoms with Crippen LogP contribution in [0.5, 0.6) is 0 Å². The van der Waals surface area contributed by atoms with Gasteiger partial charge in [-0.15, -0.1) is 0 Å². The Kier molecular flexibility index (Phi) is 3.09. The van der Waals surface area contributed by atoms with Crippen molar-refractivity contribution in [3.05, 3.63) is 41.5 Å². The van der Waals surface area contributed by atoms with Gasteiger partial charge in [0.2, 0.25) is 5.91 Å². The molecule has 2 heterocycles. The molecule has 0 unspecified atom stereocenters. The van der Waals surface area contributed by atoms with Crippen molar-refractivity contribution in [3.63, 3.8) is 0 Å². The van der Waals surface area contributed by atoms with Crippen LogP contribution in [-0.2, 0) is 4.79 Å². The van der Waals surface area contributed by atoms with Gasteiger partial charge >= 0.3 is 0 Å². The number of hydrogen-bond donors (Lipinski definition) is 2. The molecule has 0 aliphatic heterocycles. The predicted molar refractivity (Wildman–Crippen MR) is 64.4 cm³/mol. The van der Waals surface area contributed by atoms with Crippen LogP contribution in [0.25, 0.3) is 6.08 Å². The van der Waals surface area contributed by atoms with Crippen LogP contribution >= 0.6 is 0 Å². The molecule has 0 bridgehead atoms. The first-order valence-electron chi connectivity index (χ1n) is 5.21. The van der Waals surface area contributed by atoms with Gasteiger partial charge in [0.15, 0.2) is 5.82 Å². The summed E-state index contributed by atoms with van der Waals surface area (Å²) in [6.07, 6.45) is 3.02. The van der Waals surface area contributed by atoms with Gasteiger partial charge in [-0.05, 0) is 32.1 Å². The summed E-state index contributed by atoms with van der Waals surface area (Å²) in [7, 11) is 0. The van der Waals surface area contributed by atoms with E-state index in [9.17, 15) is 4.79 Å². The highest BCUT2D eigenvalue weighted by atomic mass is 16.3. The number of rotatable bonds is 3. The van der Waals surface area contributed by atoms with Crippen LogP contribution < -0.4 is 5.32 Å². The number of aromatic amines is 1. The van der Waals surface area contributed by atoms with Crippen molar-refractivity contribution in [3.8, 4) is 0 Å². The minimum atomic E-state index is -0.245. The lowest BCUT2D eigenvalue weighted by atomic mass is 10.4. The Hall–Kier alpha value is -2.30. The van der Waals surface area contributed by atoms with E-state index in [-0.39, 0.29) is 5.91 Å². The van der Waals surface area contributed by atoms with E-state index in [0.29, 0.717) is 11.6 Å². The van der Waals surface area contributed by atoms with Crippen LogP contribution in [0.3, 0.4) is 0 Å². The van der Waals surface area contributed by atoms with Crippen LogP contribution in [-0.4, -0.2) is 16.1 Å². The third-order valence-electron chi connectivity index (χ3n) is 2.12. The summed E-state index contributed by atoms with van der Waals surface area (Å²) in [5.74, 6) is 1.72. The topological polar surface area (TPSA) is 70.9 Å². The molecule has 17 heavy (non-hydrogen) atoms. The van der Waals surface area contributed by atoms with Gasteiger partial charge in [0, 0.05) is 17.8 Å². The molecule has 0 aliphatic carbocycles. The number of hydrogen-bond acceptors (Lipinski definition) is 3. The van der Waals surface area contributed by atoms with E-state index in [0.717, 1.165) is 11.5 Å². The third-order valence-corrected chi connectivity index (χ3v) is 2.12. The molecule has 5 nitrogen and oxygen atoms in total. The van der Waals surface area contributed by atoms with E-state index in [2.05, 4.69) is 15.5 Å². The first-order valence-corrected chi connectivity index (χ1v) is 5.21. The Morgan fingerprint density at radius 3 is 2.88 bits per heavy atom. The van der Waals surface area contributed by atoms with Crippen molar-refractivity contribution in [1.29, 1.82) is 0 Å². The van der Waals surface area contributed by atoms with E-state index in [1.807, 2.05) is 19.9 Å². The summed E-state index contributed by atoms with van der Waals surface area (Å²) in [4.78, 5) is 11.5. The number of anilines is 1. The number of carbonyl (C=O) groups excluding carboxylic acids is 1. The standard InChI is InChI=1S/C12H13N3O2/c1-8-7-11(15-14-8)13-12(16)6-5-10-4-3-9(2)17-10/h3-7H,1-2H3,(H2,13,14,15,16). The fraction of sp³-hybridized carbons (Fsp3) is 0.167. The average Bonchev–Trinajstić information content (AvgIpc) is 2.85. The van der Waals surface area contributed by atoms with E-state index >= 15 is 0 Å². The molecule has 0 aliphatic rings. The van der Waals surface area contributed by atoms with Gasteiger partial charge in [0.1, 0.15) is 11.5 Å². The number of nitrogens with one attached hydrogen (secondary N) is 2. The highest BCUT2D eigenvalue weighted by Gasteiger charge is 2.01. The average molecular weight is 231 g/mol. The molecule has 5 heteroatoms. The Balaban J connectivity index is 1.95. The van der Waals surface area contributed by atoms with E-state index in [4.69, 9.17) is 4.42 Å². The smallest absolute Gasteiger partial charge is 0.249 e. The lowest BCUT2D eigenvalue weighted by Gasteiger charge is -1.94. The first kappa shape index (κ1) is 11.2. The van der Waals surface area contributed by atoms with Crippen molar-refractivity contribution in [1.82, 2.24) is 10.2 Å². The van der Waals surface area contributed by atoms with Crippen LogP contribution in [0.2, 0.25) is 0 Å². The Labute approximate surface area is 98.5 Å². The number of amides is 1. The Bertz CT molecular complexity index is 552. The maximum Gasteiger partial charge on any atom is 0.249 e. The van der Waals surface area contributed by atoms with Crippen LogP contribution in [0, 0.1) is 13.8 Å². The van der Waals surface area contributed by atoms with E-state index < -0.39 is 0 Å². The Morgan fingerprint density at radius 2 is 2.29 bits per heavy atom. The molecule has 0 radical (unpaired) electrons. The van der Waals surface area contributed by atoms with Crippen molar-refractivity contribution in [2.24, 2.45) is 0 Å². The number of H-pyrrole nitrogens is 1. The second kappa shape index (κ2) is 4.69. The molecule has 2 rings (SSSR count).